The van der Waals surface area contributed by atoms with Gasteiger partial charge in [-0.05, 0) is 37.8 Å². The first-order chi connectivity index (χ1) is 9.66. The maximum Gasteiger partial charge on any atom is 0.244 e. The van der Waals surface area contributed by atoms with Gasteiger partial charge in [0.05, 0.1) is 11.4 Å². The number of nitrogens with one attached hydrogen (secondary N) is 1. The van der Waals surface area contributed by atoms with Crippen molar-refractivity contribution >= 4 is 21.4 Å². The lowest BCUT2D eigenvalue weighted by Crippen LogP contribution is -2.24. The fourth-order valence-corrected chi connectivity index (χ4v) is 3.04. The van der Waals surface area contributed by atoms with Gasteiger partial charge in [-0.2, -0.15) is 0 Å². The van der Waals surface area contributed by atoms with Crippen molar-refractivity contribution in [2.45, 2.75) is 44.6 Å². The summed E-state index contributed by atoms with van der Waals surface area (Å²) < 4.78 is 25.6. The van der Waals surface area contributed by atoms with Gasteiger partial charge in [-0.1, -0.05) is 19.9 Å². The number of nitrogen functional groups attached to an aromatic ring is 1. The summed E-state index contributed by atoms with van der Waals surface area (Å²) >= 11 is 0. The van der Waals surface area contributed by atoms with E-state index in [4.69, 9.17) is 5.73 Å². The van der Waals surface area contributed by atoms with Crippen molar-refractivity contribution in [1.29, 1.82) is 0 Å². The molecule has 0 heterocycles. The summed E-state index contributed by atoms with van der Waals surface area (Å²) in [5, 5.41) is 3.31. The molecular formula is C15H27N3O2S. The highest BCUT2D eigenvalue weighted by atomic mass is 32.2. The Hall–Kier alpha value is -1.27. The Labute approximate surface area is 128 Å². The standard InChI is InChI=1S/C15H27N3O2S/c1-11(2)9-10-12(3)17-13-7-6-8-14(15(13)16)21(19,20)18(4)5/h6-8,11-12,17H,9-10,16H2,1-5H3. The first-order valence-corrected chi connectivity index (χ1v) is 8.67. The molecule has 0 aliphatic heterocycles. The molecule has 0 aliphatic rings. The number of hydrogen-bond donors (Lipinski definition) is 2. The van der Waals surface area contributed by atoms with E-state index in [0.29, 0.717) is 11.6 Å². The molecule has 1 unspecified atom stereocenters. The van der Waals surface area contributed by atoms with Crippen LogP contribution in [0, 0.1) is 5.92 Å². The van der Waals surface area contributed by atoms with Crippen molar-refractivity contribution < 1.29 is 8.42 Å². The van der Waals surface area contributed by atoms with E-state index in [2.05, 4.69) is 26.1 Å². The van der Waals surface area contributed by atoms with E-state index in [-0.39, 0.29) is 16.6 Å². The second-order valence-corrected chi connectivity index (χ2v) is 8.14. The fourth-order valence-electron chi connectivity index (χ4n) is 2.01. The molecule has 6 heteroatoms. The molecule has 0 spiro atoms. The van der Waals surface area contributed by atoms with Gasteiger partial charge in [-0.3, -0.25) is 0 Å². The van der Waals surface area contributed by atoms with Gasteiger partial charge < -0.3 is 11.1 Å². The van der Waals surface area contributed by atoms with Gasteiger partial charge in [0.1, 0.15) is 4.90 Å². The second-order valence-electron chi connectivity index (χ2n) is 6.02. The minimum atomic E-state index is -3.52. The van der Waals surface area contributed by atoms with Crippen LogP contribution in [-0.2, 0) is 10.0 Å². The van der Waals surface area contributed by atoms with Gasteiger partial charge in [-0.15, -0.1) is 0 Å². The zero-order chi connectivity index (χ0) is 16.2. The van der Waals surface area contributed by atoms with Gasteiger partial charge in [0.2, 0.25) is 10.0 Å². The van der Waals surface area contributed by atoms with Gasteiger partial charge in [0.15, 0.2) is 0 Å². The van der Waals surface area contributed by atoms with Crippen LogP contribution in [0.3, 0.4) is 0 Å². The van der Waals surface area contributed by atoms with Gasteiger partial charge in [0.25, 0.3) is 0 Å². The Bertz CT molecular complexity index is 568. The topological polar surface area (TPSA) is 75.4 Å². The molecule has 0 saturated heterocycles. The van der Waals surface area contributed by atoms with E-state index in [1.807, 2.05) is 6.07 Å². The third-order valence-corrected chi connectivity index (χ3v) is 5.28. The molecule has 0 aliphatic carbocycles. The summed E-state index contributed by atoms with van der Waals surface area (Å²) in [6.07, 6.45) is 2.13. The Kier molecular flexibility index (Phi) is 6.04. The molecular weight excluding hydrogens is 286 g/mol. The molecule has 0 saturated carbocycles. The van der Waals surface area contributed by atoms with Crippen LogP contribution in [0.5, 0.6) is 0 Å². The zero-order valence-corrected chi connectivity index (χ0v) is 14.4. The molecule has 1 atom stereocenters. The predicted octanol–water partition coefficient (Wildman–Crippen LogP) is 2.76. The summed E-state index contributed by atoms with van der Waals surface area (Å²) in [6, 6.07) is 5.31. The Morgan fingerprint density at radius 3 is 2.33 bits per heavy atom. The second kappa shape index (κ2) is 7.13. The molecule has 1 rings (SSSR count). The molecule has 1 aromatic carbocycles. The van der Waals surface area contributed by atoms with Gasteiger partial charge >= 0.3 is 0 Å². The summed E-state index contributed by atoms with van der Waals surface area (Å²) in [4.78, 5) is 0.147. The Balaban J connectivity index is 2.97. The lowest BCUT2D eigenvalue weighted by atomic mass is 10.0. The van der Waals surface area contributed by atoms with Crippen LogP contribution >= 0.6 is 0 Å². The van der Waals surface area contributed by atoms with Crippen molar-refractivity contribution in [3.8, 4) is 0 Å². The zero-order valence-electron chi connectivity index (χ0n) is 13.6. The van der Waals surface area contributed by atoms with Gasteiger partial charge in [-0.25, -0.2) is 12.7 Å². The lowest BCUT2D eigenvalue weighted by molar-refractivity contribution is 0.521. The number of anilines is 2. The first-order valence-electron chi connectivity index (χ1n) is 7.23. The molecule has 0 radical (unpaired) electrons. The summed E-state index contributed by atoms with van der Waals surface area (Å²) in [5.41, 5.74) is 7.00. The molecule has 5 nitrogen and oxygen atoms in total. The Morgan fingerprint density at radius 2 is 1.81 bits per heavy atom. The van der Waals surface area contributed by atoms with Crippen molar-refractivity contribution in [2.75, 3.05) is 25.1 Å². The average Bonchev–Trinajstić information content (AvgIpc) is 2.38. The molecule has 21 heavy (non-hydrogen) atoms. The summed E-state index contributed by atoms with van der Waals surface area (Å²) in [5.74, 6) is 0.645. The van der Waals surface area contributed by atoms with E-state index in [1.165, 1.54) is 24.5 Å². The molecule has 120 valence electrons. The van der Waals surface area contributed by atoms with E-state index >= 15 is 0 Å². The van der Waals surface area contributed by atoms with Crippen LogP contribution in [0.2, 0.25) is 0 Å². The maximum absolute atomic E-state index is 12.2. The van der Waals surface area contributed by atoms with E-state index in [1.54, 1.807) is 6.07 Å². The number of sulfonamides is 1. The molecule has 0 bridgehead atoms. The van der Waals surface area contributed by atoms with Crippen LogP contribution in [0.15, 0.2) is 23.1 Å². The molecule has 3 N–H and O–H groups in total. The van der Waals surface area contributed by atoms with Crippen LogP contribution < -0.4 is 11.1 Å². The van der Waals surface area contributed by atoms with E-state index in [0.717, 1.165) is 12.8 Å². The van der Waals surface area contributed by atoms with Crippen molar-refractivity contribution in [3.63, 3.8) is 0 Å². The van der Waals surface area contributed by atoms with Crippen LogP contribution in [0.4, 0.5) is 11.4 Å². The number of nitrogens with two attached hydrogens (primary N) is 1. The number of nitrogens with zero attached hydrogens (tertiary/aromatic N) is 1. The maximum atomic E-state index is 12.2. The smallest absolute Gasteiger partial charge is 0.244 e. The normalized spacial score (nSPS) is 13.7. The Morgan fingerprint density at radius 1 is 1.19 bits per heavy atom. The summed E-state index contributed by atoms with van der Waals surface area (Å²) in [6.45, 7) is 6.45. The number of rotatable bonds is 7. The highest BCUT2D eigenvalue weighted by molar-refractivity contribution is 7.89. The van der Waals surface area contributed by atoms with E-state index < -0.39 is 10.0 Å². The minimum Gasteiger partial charge on any atom is -0.396 e. The largest absolute Gasteiger partial charge is 0.396 e. The van der Waals surface area contributed by atoms with Gasteiger partial charge in [0, 0.05) is 20.1 Å². The van der Waals surface area contributed by atoms with Crippen LogP contribution in [0.1, 0.15) is 33.6 Å². The van der Waals surface area contributed by atoms with Crippen molar-refractivity contribution in [2.24, 2.45) is 5.92 Å². The molecule has 1 aromatic rings. The third-order valence-electron chi connectivity index (χ3n) is 3.40. The predicted molar refractivity (Wildman–Crippen MR) is 88.9 cm³/mol. The van der Waals surface area contributed by atoms with Crippen LogP contribution in [-0.4, -0.2) is 32.9 Å². The van der Waals surface area contributed by atoms with Crippen LogP contribution in [0.25, 0.3) is 0 Å². The molecule has 0 amide bonds. The number of benzene rings is 1. The monoisotopic (exact) mass is 313 g/mol. The minimum absolute atomic E-state index is 0.147. The van der Waals surface area contributed by atoms with Crippen molar-refractivity contribution in [1.82, 2.24) is 4.31 Å². The fraction of sp³-hybridized carbons (Fsp3) is 0.600. The summed E-state index contributed by atoms with van der Waals surface area (Å²) in [7, 11) is -0.523. The molecule has 0 aromatic heterocycles. The average molecular weight is 313 g/mol. The lowest BCUT2D eigenvalue weighted by Gasteiger charge is -2.20. The highest BCUT2D eigenvalue weighted by Gasteiger charge is 2.22. The van der Waals surface area contributed by atoms with E-state index in [9.17, 15) is 8.42 Å². The number of para-hydroxylation sites is 1. The quantitative estimate of drug-likeness (QED) is 0.759. The SMILES string of the molecule is CC(C)CCC(C)Nc1cccc(S(=O)(=O)N(C)C)c1N. The first kappa shape index (κ1) is 17.8. The highest BCUT2D eigenvalue weighted by Crippen LogP contribution is 2.29. The molecule has 0 fully saturated rings. The van der Waals surface area contributed by atoms with Crippen molar-refractivity contribution in [3.05, 3.63) is 18.2 Å². The third kappa shape index (κ3) is 4.61. The number of hydrogen-bond acceptors (Lipinski definition) is 4.